The van der Waals surface area contributed by atoms with Gasteiger partial charge < -0.3 is 10.2 Å². The third-order valence-electron chi connectivity index (χ3n) is 6.40. The summed E-state index contributed by atoms with van der Waals surface area (Å²) < 4.78 is 1.86. The first-order valence-corrected chi connectivity index (χ1v) is 9.90. The number of fused-ring (bicyclic) bond motifs is 1. The Labute approximate surface area is 159 Å². The van der Waals surface area contributed by atoms with Gasteiger partial charge >= 0.3 is 0 Å². The molecule has 1 aliphatic heterocycles. The van der Waals surface area contributed by atoms with Crippen LogP contribution in [0.1, 0.15) is 45.4 Å². The number of carbonyl (C=O) groups is 2. The molecule has 1 saturated heterocycles. The summed E-state index contributed by atoms with van der Waals surface area (Å²) in [5, 5.41) is 11.2. The molecule has 7 nitrogen and oxygen atoms in total. The molecule has 4 atom stereocenters. The Balaban J connectivity index is 1.38. The zero-order valence-corrected chi connectivity index (χ0v) is 16.0. The molecule has 2 aliphatic rings. The normalized spacial score (nSPS) is 28.7. The summed E-state index contributed by atoms with van der Waals surface area (Å²) >= 11 is 0. The summed E-state index contributed by atoms with van der Waals surface area (Å²) in [6.45, 7) is 5.36. The molecule has 0 spiro atoms. The van der Waals surface area contributed by atoms with Crippen molar-refractivity contribution in [3.63, 3.8) is 0 Å². The average Bonchev–Trinajstić information content (AvgIpc) is 3.26. The first-order chi connectivity index (χ1) is 13.0. The molecule has 0 unspecified atom stereocenters. The van der Waals surface area contributed by atoms with Crippen molar-refractivity contribution in [1.29, 1.82) is 0 Å². The van der Waals surface area contributed by atoms with Crippen LogP contribution in [-0.4, -0.2) is 43.9 Å². The van der Waals surface area contributed by atoms with Crippen LogP contribution in [0.25, 0.3) is 5.65 Å². The van der Waals surface area contributed by atoms with E-state index in [1.165, 1.54) is 6.42 Å². The molecule has 2 aromatic rings. The molecule has 0 radical (unpaired) electrons. The van der Waals surface area contributed by atoms with Crippen LogP contribution in [0.5, 0.6) is 0 Å². The van der Waals surface area contributed by atoms with Gasteiger partial charge in [-0.15, -0.1) is 10.2 Å². The second-order valence-corrected chi connectivity index (χ2v) is 8.04. The summed E-state index contributed by atoms with van der Waals surface area (Å²) in [6, 6.07) is 5.96. The predicted octanol–water partition coefficient (Wildman–Crippen LogP) is 2.02. The molecule has 7 heteroatoms. The van der Waals surface area contributed by atoms with Crippen LogP contribution in [0.3, 0.4) is 0 Å². The number of carbonyl (C=O) groups excluding carboxylic acids is 2. The van der Waals surface area contributed by atoms with Crippen LogP contribution in [0, 0.1) is 17.8 Å². The van der Waals surface area contributed by atoms with Crippen molar-refractivity contribution in [2.45, 2.75) is 52.1 Å². The second-order valence-electron chi connectivity index (χ2n) is 8.04. The Morgan fingerprint density at radius 1 is 1.26 bits per heavy atom. The number of nitrogens with one attached hydrogen (secondary N) is 1. The first-order valence-electron chi connectivity index (χ1n) is 9.90. The molecule has 0 bridgehead atoms. The number of hydrogen-bond donors (Lipinski definition) is 1. The van der Waals surface area contributed by atoms with E-state index in [1.54, 1.807) is 0 Å². The fourth-order valence-electron chi connectivity index (χ4n) is 4.54. The minimum Gasteiger partial charge on any atom is -0.348 e. The lowest BCUT2D eigenvalue weighted by Gasteiger charge is -2.40. The summed E-state index contributed by atoms with van der Waals surface area (Å²) in [5.74, 6) is 1.58. The van der Waals surface area contributed by atoms with E-state index in [-0.39, 0.29) is 23.8 Å². The molecule has 0 aromatic carbocycles. The predicted molar refractivity (Wildman–Crippen MR) is 101 cm³/mol. The van der Waals surface area contributed by atoms with Crippen molar-refractivity contribution in [3.05, 3.63) is 30.2 Å². The van der Waals surface area contributed by atoms with Crippen LogP contribution >= 0.6 is 0 Å². The standard InChI is InChI=1S/C20H27N5O2/c1-13-6-5-7-16(14(13)2)25-12-15(10-19(25)26)20(27)21-11-18-23-22-17-8-3-4-9-24(17)18/h3-4,8-9,13-16H,5-7,10-12H2,1-2H3,(H,21,27)/t13-,14+,15-,16+/m1/s1. The summed E-state index contributed by atoms with van der Waals surface area (Å²) in [5.41, 5.74) is 0.754. The highest BCUT2D eigenvalue weighted by Crippen LogP contribution is 2.35. The third kappa shape index (κ3) is 3.42. The van der Waals surface area contributed by atoms with Crippen LogP contribution in [-0.2, 0) is 16.1 Å². The zero-order valence-electron chi connectivity index (χ0n) is 16.0. The highest BCUT2D eigenvalue weighted by atomic mass is 16.2. The zero-order chi connectivity index (χ0) is 19.0. The largest absolute Gasteiger partial charge is 0.348 e. The first kappa shape index (κ1) is 17.9. The Morgan fingerprint density at radius 3 is 2.96 bits per heavy atom. The highest BCUT2D eigenvalue weighted by Gasteiger charge is 2.41. The lowest BCUT2D eigenvalue weighted by molar-refractivity contribution is -0.132. The highest BCUT2D eigenvalue weighted by molar-refractivity contribution is 5.89. The van der Waals surface area contributed by atoms with Crippen molar-refractivity contribution < 1.29 is 9.59 Å². The smallest absolute Gasteiger partial charge is 0.225 e. The number of nitrogens with zero attached hydrogens (tertiary/aromatic N) is 4. The molecular formula is C20H27N5O2. The van der Waals surface area contributed by atoms with Gasteiger partial charge in [0.2, 0.25) is 11.8 Å². The van der Waals surface area contributed by atoms with E-state index in [9.17, 15) is 9.59 Å². The number of rotatable bonds is 4. The molecule has 1 N–H and O–H groups in total. The molecule has 1 saturated carbocycles. The van der Waals surface area contributed by atoms with E-state index in [0.717, 1.165) is 18.5 Å². The summed E-state index contributed by atoms with van der Waals surface area (Å²) in [4.78, 5) is 27.2. The number of pyridine rings is 1. The van der Waals surface area contributed by atoms with Crippen molar-refractivity contribution in [1.82, 2.24) is 24.8 Å². The van der Waals surface area contributed by atoms with Crippen LogP contribution in [0.2, 0.25) is 0 Å². The van der Waals surface area contributed by atoms with Crippen LogP contribution in [0.15, 0.2) is 24.4 Å². The minimum absolute atomic E-state index is 0.0740. The van der Waals surface area contributed by atoms with Crippen LogP contribution in [0.4, 0.5) is 0 Å². The van der Waals surface area contributed by atoms with Gasteiger partial charge in [-0.3, -0.25) is 14.0 Å². The lowest BCUT2D eigenvalue weighted by Crippen LogP contribution is -2.45. The van der Waals surface area contributed by atoms with Gasteiger partial charge in [-0.1, -0.05) is 32.8 Å². The maximum absolute atomic E-state index is 12.6. The molecule has 2 fully saturated rings. The van der Waals surface area contributed by atoms with Crippen LogP contribution < -0.4 is 5.32 Å². The summed E-state index contributed by atoms with van der Waals surface area (Å²) in [6.07, 6.45) is 5.64. The summed E-state index contributed by atoms with van der Waals surface area (Å²) in [7, 11) is 0. The Bertz CT molecular complexity index is 848. The fourth-order valence-corrected chi connectivity index (χ4v) is 4.54. The number of amides is 2. The monoisotopic (exact) mass is 369 g/mol. The molecule has 3 heterocycles. The van der Waals surface area contributed by atoms with Gasteiger partial charge in [0.25, 0.3) is 0 Å². The van der Waals surface area contributed by atoms with E-state index in [4.69, 9.17) is 0 Å². The average molecular weight is 369 g/mol. The Morgan fingerprint density at radius 2 is 2.11 bits per heavy atom. The third-order valence-corrected chi connectivity index (χ3v) is 6.40. The maximum atomic E-state index is 12.6. The van der Waals surface area contributed by atoms with E-state index in [1.807, 2.05) is 33.7 Å². The molecule has 144 valence electrons. The van der Waals surface area contributed by atoms with E-state index >= 15 is 0 Å². The lowest BCUT2D eigenvalue weighted by atomic mass is 9.77. The van der Waals surface area contributed by atoms with E-state index in [0.29, 0.717) is 37.2 Å². The van der Waals surface area contributed by atoms with Crippen molar-refractivity contribution in [2.24, 2.45) is 17.8 Å². The van der Waals surface area contributed by atoms with Crippen molar-refractivity contribution in [2.75, 3.05) is 6.54 Å². The van der Waals surface area contributed by atoms with E-state index < -0.39 is 0 Å². The van der Waals surface area contributed by atoms with E-state index in [2.05, 4.69) is 29.4 Å². The molecular weight excluding hydrogens is 342 g/mol. The number of likely N-dealkylation sites (tertiary alicyclic amines) is 1. The second kappa shape index (κ2) is 7.29. The van der Waals surface area contributed by atoms with Gasteiger partial charge in [0.05, 0.1) is 12.5 Å². The quantitative estimate of drug-likeness (QED) is 0.894. The maximum Gasteiger partial charge on any atom is 0.225 e. The van der Waals surface area contributed by atoms with Gasteiger partial charge in [-0.05, 0) is 30.4 Å². The Hall–Kier alpha value is -2.44. The van der Waals surface area contributed by atoms with Gasteiger partial charge in [-0.2, -0.15) is 0 Å². The van der Waals surface area contributed by atoms with Gasteiger partial charge in [-0.25, -0.2) is 0 Å². The number of hydrogen-bond acceptors (Lipinski definition) is 4. The molecule has 1 aliphatic carbocycles. The van der Waals surface area contributed by atoms with Crippen molar-refractivity contribution >= 4 is 17.5 Å². The molecule has 2 amide bonds. The topological polar surface area (TPSA) is 79.6 Å². The molecule has 27 heavy (non-hydrogen) atoms. The Kier molecular flexibility index (Phi) is 4.85. The van der Waals surface area contributed by atoms with Crippen molar-refractivity contribution in [3.8, 4) is 0 Å². The molecule has 2 aromatic heterocycles. The SMILES string of the molecule is C[C@H]1[C@H](C)CCC[C@@H]1N1C[C@H](C(=O)NCc2nnc3ccccn23)CC1=O. The van der Waals surface area contributed by atoms with Gasteiger partial charge in [0.15, 0.2) is 11.5 Å². The minimum atomic E-state index is -0.277. The number of aromatic nitrogens is 3. The van der Waals surface area contributed by atoms with Gasteiger partial charge in [0, 0.05) is 25.2 Å². The van der Waals surface area contributed by atoms with Gasteiger partial charge in [0.1, 0.15) is 0 Å². The molecule has 4 rings (SSSR count). The fraction of sp³-hybridized carbons (Fsp3) is 0.600.